The van der Waals surface area contributed by atoms with Gasteiger partial charge in [0, 0.05) is 31.0 Å². The summed E-state index contributed by atoms with van der Waals surface area (Å²) in [5.41, 5.74) is 3.29. The third-order valence-electron chi connectivity index (χ3n) is 5.68. The summed E-state index contributed by atoms with van der Waals surface area (Å²) in [7, 11) is 0. The Bertz CT molecular complexity index is 1050. The fourth-order valence-corrected chi connectivity index (χ4v) is 4.68. The second kappa shape index (κ2) is 9.39. The average molecular weight is 435 g/mol. The van der Waals surface area contributed by atoms with E-state index < -0.39 is 0 Å². The van der Waals surface area contributed by atoms with Gasteiger partial charge in [0.2, 0.25) is 16.9 Å². The fraction of sp³-hybridized carbons (Fsp3) is 0.333. The Morgan fingerprint density at radius 2 is 1.90 bits per heavy atom. The molecule has 2 heterocycles. The van der Waals surface area contributed by atoms with Gasteiger partial charge in [0.15, 0.2) is 0 Å². The maximum atomic E-state index is 12.6. The van der Waals surface area contributed by atoms with Crippen molar-refractivity contribution in [3.63, 3.8) is 0 Å². The highest BCUT2D eigenvalue weighted by Crippen LogP contribution is 2.34. The molecule has 1 aliphatic rings. The molecule has 31 heavy (non-hydrogen) atoms. The quantitative estimate of drug-likeness (QED) is 0.582. The molecule has 1 aromatic heterocycles. The highest BCUT2D eigenvalue weighted by atomic mass is 32.1. The minimum absolute atomic E-state index is 0.00949. The minimum Gasteiger partial charge on any atom is -0.312 e. The number of aryl methyl sites for hydroxylation is 1. The fourth-order valence-electron chi connectivity index (χ4n) is 3.83. The molecule has 1 fully saturated rings. The van der Waals surface area contributed by atoms with Crippen LogP contribution in [0.3, 0.4) is 0 Å². The van der Waals surface area contributed by atoms with Crippen LogP contribution in [0.2, 0.25) is 0 Å². The van der Waals surface area contributed by atoms with Crippen LogP contribution in [0.25, 0.3) is 0 Å². The number of nitrogens with one attached hydrogen (secondary N) is 1. The van der Waals surface area contributed by atoms with Gasteiger partial charge in [0.05, 0.1) is 0 Å². The van der Waals surface area contributed by atoms with Crippen molar-refractivity contribution in [1.29, 1.82) is 0 Å². The molecule has 2 aromatic carbocycles. The molecule has 160 valence electrons. The number of nitrogens with zero attached hydrogens (tertiary/aromatic N) is 3. The molecule has 0 bridgehead atoms. The molecule has 0 saturated carbocycles. The Balaban J connectivity index is 1.36. The van der Waals surface area contributed by atoms with Crippen LogP contribution in [0, 0.1) is 0 Å². The summed E-state index contributed by atoms with van der Waals surface area (Å²) in [5.74, 6) is 0.115. The molecular weight excluding hydrogens is 408 g/mol. The molecule has 1 aliphatic heterocycles. The molecule has 0 spiro atoms. The number of amides is 2. The third kappa shape index (κ3) is 4.99. The molecule has 0 radical (unpaired) electrons. The van der Waals surface area contributed by atoms with E-state index in [9.17, 15) is 9.59 Å². The molecular formula is C24H26N4O2S. The lowest BCUT2D eigenvalue weighted by molar-refractivity contribution is -0.117. The number of aromatic nitrogens is 2. The zero-order valence-corrected chi connectivity index (χ0v) is 18.6. The largest absolute Gasteiger partial charge is 0.312 e. The Hall–Kier alpha value is -3.06. The number of anilines is 2. The van der Waals surface area contributed by atoms with E-state index in [-0.39, 0.29) is 23.7 Å². The number of rotatable bonds is 7. The van der Waals surface area contributed by atoms with E-state index in [1.54, 1.807) is 0 Å². The van der Waals surface area contributed by atoms with Gasteiger partial charge in [-0.2, -0.15) is 0 Å². The normalized spacial score (nSPS) is 17.0. The van der Waals surface area contributed by atoms with E-state index in [4.69, 9.17) is 0 Å². The van der Waals surface area contributed by atoms with Crippen molar-refractivity contribution >= 4 is 34.0 Å². The Labute approximate surface area is 186 Å². The Morgan fingerprint density at radius 3 is 2.61 bits per heavy atom. The van der Waals surface area contributed by atoms with Gasteiger partial charge in [-0.25, -0.2) is 0 Å². The lowest BCUT2D eigenvalue weighted by Gasteiger charge is -2.16. The SMILES string of the molecule is CCc1ccc(N2CC(c3nnc(NC(=O)CC(C)c4ccccc4)s3)CC2=O)cc1. The van der Waals surface area contributed by atoms with Crippen LogP contribution in [0.15, 0.2) is 54.6 Å². The molecule has 4 rings (SSSR count). The minimum atomic E-state index is -0.0841. The first-order valence-electron chi connectivity index (χ1n) is 10.6. The van der Waals surface area contributed by atoms with Crippen LogP contribution < -0.4 is 10.2 Å². The Kier molecular flexibility index (Phi) is 6.42. The van der Waals surface area contributed by atoms with Gasteiger partial charge >= 0.3 is 0 Å². The van der Waals surface area contributed by atoms with Crippen LogP contribution in [-0.2, 0) is 16.0 Å². The first kappa shape index (κ1) is 21.2. The van der Waals surface area contributed by atoms with E-state index in [2.05, 4.69) is 34.6 Å². The number of benzene rings is 2. The van der Waals surface area contributed by atoms with Gasteiger partial charge in [-0.1, -0.05) is 67.6 Å². The van der Waals surface area contributed by atoms with Gasteiger partial charge in [0.25, 0.3) is 0 Å². The molecule has 6 nitrogen and oxygen atoms in total. The summed E-state index contributed by atoms with van der Waals surface area (Å²) >= 11 is 1.35. The molecule has 7 heteroatoms. The van der Waals surface area contributed by atoms with Gasteiger partial charge in [-0.3, -0.25) is 9.59 Å². The molecule has 0 aliphatic carbocycles. The summed E-state index contributed by atoms with van der Waals surface area (Å²) < 4.78 is 0. The van der Waals surface area contributed by atoms with Gasteiger partial charge in [-0.05, 0) is 35.6 Å². The van der Waals surface area contributed by atoms with Crippen LogP contribution >= 0.6 is 11.3 Å². The van der Waals surface area contributed by atoms with Crippen LogP contribution in [0.4, 0.5) is 10.8 Å². The van der Waals surface area contributed by atoms with Crippen molar-refractivity contribution in [3.05, 3.63) is 70.7 Å². The third-order valence-corrected chi connectivity index (χ3v) is 6.68. The summed E-state index contributed by atoms with van der Waals surface area (Å²) in [4.78, 5) is 26.8. The molecule has 3 aromatic rings. The number of carbonyl (C=O) groups excluding carboxylic acids is 2. The molecule has 1 saturated heterocycles. The van der Waals surface area contributed by atoms with Crippen molar-refractivity contribution in [2.24, 2.45) is 0 Å². The van der Waals surface area contributed by atoms with Crippen molar-refractivity contribution < 1.29 is 9.59 Å². The highest BCUT2D eigenvalue weighted by Gasteiger charge is 2.34. The number of hydrogen-bond donors (Lipinski definition) is 1. The number of carbonyl (C=O) groups is 2. The highest BCUT2D eigenvalue weighted by molar-refractivity contribution is 7.15. The van der Waals surface area contributed by atoms with Crippen molar-refractivity contribution in [2.45, 2.75) is 44.9 Å². The van der Waals surface area contributed by atoms with E-state index in [1.165, 1.54) is 16.9 Å². The number of hydrogen-bond acceptors (Lipinski definition) is 5. The predicted molar refractivity (Wildman–Crippen MR) is 124 cm³/mol. The topological polar surface area (TPSA) is 75.2 Å². The first-order valence-corrected chi connectivity index (χ1v) is 11.4. The van der Waals surface area contributed by atoms with Crippen molar-refractivity contribution in [2.75, 3.05) is 16.8 Å². The lowest BCUT2D eigenvalue weighted by Crippen LogP contribution is -2.24. The summed E-state index contributed by atoms with van der Waals surface area (Å²) in [6.45, 7) is 4.73. The first-order chi connectivity index (χ1) is 15.0. The van der Waals surface area contributed by atoms with Gasteiger partial charge < -0.3 is 10.2 Å². The molecule has 1 N–H and O–H groups in total. The predicted octanol–water partition coefficient (Wildman–Crippen LogP) is 4.75. The van der Waals surface area contributed by atoms with E-state index in [0.29, 0.717) is 24.5 Å². The van der Waals surface area contributed by atoms with E-state index >= 15 is 0 Å². The van der Waals surface area contributed by atoms with E-state index in [0.717, 1.165) is 22.7 Å². The van der Waals surface area contributed by atoms with E-state index in [1.807, 2.05) is 54.3 Å². The average Bonchev–Trinajstić information content (AvgIpc) is 3.41. The van der Waals surface area contributed by atoms with Gasteiger partial charge in [0.1, 0.15) is 5.01 Å². The smallest absolute Gasteiger partial charge is 0.227 e. The molecule has 2 unspecified atom stereocenters. The molecule has 2 amide bonds. The summed E-state index contributed by atoms with van der Waals surface area (Å²) in [6.07, 6.45) is 1.76. The second-order valence-corrected chi connectivity index (χ2v) is 8.94. The van der Waals surface area contributed by atoms with Gasteiger partial charge in [-0.15, -0.1) is 10.2 Å². The zero-order chi connectivity index (χ0) is 21.8. The zero-order valence-electron chi connectivity index (χ0n) is 17.7. The summed E-state index contributed by atoms with van der Waals surface area (Å²) in [5, 5.41) is 12.5. The van der Waals surface area contributed by atoms with Crippen molar-refractivity contribution in [1.82, 2.24) is 10.2 Å². The maximum Gasteiger partial charge on any atom is 0.227 e. The maximum absolute atomic E-state index is 12.6. The van der Waals surface area contributed by atoms with Crippen molar-refractivity contribution in [3.8, 4) is 0 Å². The Morgan fingerprint density at radius 1 is 1.16 bits per heavy atom. The molecule has 2 atom stereocenters. The van der Waals surface area contributed by atoms with Crippen LogP contribution in [0.5, 0.6) is 0 Å². The van der Waals surface area contributed by atoms with Crippen LogP contribution in [0.1, 0.15) is 54.7 Å². The lowest BCUT2D eigenvalue weighted by atomic mass is 9.98. The monoisotopic (exact) mass is 434 g/mol. The standard InChI is InChI=1S/C24H26N4O2S/c1-3-17-9-11-20(12-10-17)28-15-19(14-22(28)30)23-26-27-24(31-23)25-21(29)13-16(2)18-7-5-4-6-8-18/h4-12,16,19H,3,13-15H2,1-2H3,(H,25,27,29). The second-order valence-electron chi connectivity index (χ2n) is 7.93. The summed E-state index contributed by atoms with van der Waals surface area (Å²) in [6, 6.07) is 18.1. The van der Waals surface area contributed by atoms with Crippen LogP contribution in [-0.4, -0.2) is 28.6 Å².